The molecule has 0 heterocycles. The van der Waals surface area contributed by atoms with Gasteiger partial charge in [0.1, 0.15) is 11.6 Å². The average Bonchev–Trinajstić information content (AvgIpc) is 2.70. The molecule has 0 aromatic heterocycles. The Hall–Kier alpha value is -3.82. The lowest BCUT2D eigenvalue weighted by molar-refractivity contribution is -0.384. The van der Waals surface area contributed by atoms with Crippen molar-refractivity contribution >= 4 is 29.0 Å². The predicted molar refractivity (Wildman–Crippen MR) is 99.2 cm³/mol. The van der Waals surface area contributed by atoms with Crippen LogP contribution in [0, 0.1) is 15.9 Å². The average molecular weight is 404 g/mol. The SMILES string of the molecule is COc1ccc([N+](=O)[O-])cc1NC(=O)COC(=O)CCC(=O)c1ccc(F)cc1. The second-order valence-corrected chi connectivity index (χ2v) is 5.78. The zero-order valence-electron chi connectivity index (χ0n) is 15.3. The quantitative estimate of drug-likeness (QED) is 0.295. The number of nitrogens with zero attached hydrogens (tertiary/aromatic N) is 1. The minimum atomic E-state index is -0.776. The van der Waals surface area contributed by atoms with E-state index in [9.17, 15) is 28.9 Å². The third kappa shape index (κ3) is 6.38. The molecule has 2 aromatic rings. The van der Waals surface area contributed by atoms with Crippen LogP contribution in [0.1, 0.15) is 23.2 Å². The number of methoxy groups -OCH3 is 1. The molecule has 29 heavy (non-hydrogen) atoms. The van der Waals surface area contributed by atoms with E-state index in [2.05, 4.69) is 5.32 Å². The lowest BCUT2D eigenvalue weighted by atomic mass is 10.1. The number of carbonyl (C=O) groups is 3. The molecule has 0 saturated heterocycles. The number of ketones is 1. The third-order valence-corrected chi connectivity index (χ3v) is 3.75. The number of non-ortho nitro benzene ring substituents is 1. The standard InChI is InChI=1S/C19H17FN2O7/c1-28-17-8-6-14(22(26)27)10-15(17)21-18(24)11-29-19(25)9-7-16(23)12-2-4-13(20)5-3-12/h2-6,8,10H,7,9,11H2,1H3,(H,21,24). The first-order chi connectivity index (χ1) is 13.8. The summed E-state index contributed by atoms with van der Waals surface area (Å²) in [5, 5.41) is 13.2. The minimum absolute atomic E-state index is 0.0502. The molecule has 0 spiro atoms. The number of nitro benzene ring substituents is 1. The summed E-state index contributed by atoms with van der Waals surface area (Å²) in [4.78, 5) is 45.8. The number of nitrogens with one attached hydrogen (secondary N) is 1. The number of hydrogen-bond acceptors (Lipinski definition) is 7. The minimum Gasteiger partial charge on any atom is -0.495 e. The van der Waals surface area contributed by atoms with Crippen LogP contribution in [-0.2, 0) is 14.3 Å². The Morgan fingerprint density at radius 1 is 1.10 bits per heavy atom. The first kappa shape index (κ1) is 21.5. The normalized spacial score (nSPS) is 10.1. The molecule has 0 aliphatic rings. The second-order valence-electron chi connectivity index (χ2n) is 5.78. The van der Waals surface area contributed by atoms with Crippen molar-refractivity contribution in [1.29, 1.82) is 0 Å². The van der Waals surface area contributed by atoms with Gasteiger partial charge in [-0.05, 0) is 30.3 Å². The van der Waals surface area contributed by atoms with Gasteiger partial charge < -0.3 is 14.8 Å². The van der Waals surface area contributed by atoms with Gasteiger partial charge >= 0.3 is 5.97 Å². The Kier molecular flexibility index (Phi) is 7.35. The van der Waals surface area contributed by atoms with Crippen molar-refractivity contribution in [3.05, 3.63) is 64.0 Å². The molecule has 0 atom stereocenters. The van der Waals surface area contributed by atoms with E-state index in [-0.39, 0.29) is 41.3 Å². The molecule has 0 aliphatic carbocycles. The van der Waals surface area contributed by atoms with Crippen LogP contribution in [0.3, 0.4) is 0 Å². The van der Waals surface area contributed by atoms with Gasteiger partial charge in [0.25, 0.3) is 11.6 Å². The van der Waals surface area contributed by atoms with Crippen molar-refractivity contribution in [2.45, 2.75) is 12.8 Å². The number of hydrogen-bond donors (Lipinski definition) is 1. The maximum absolute atomic E-state index is 12.8. The highest BCUT2D eigenvalue weighted by Crippen LogP contribution is 2.28. The third-order valence-electron chi connectivity index (χ3n) is 3.75. The van der Waals surface area contributed by atoms with Crippen molar-refractivity contribution in [1.82, 2.24) is 0 Å². The number of carbonyl (C=O) groups excluding carboxylic acids is 3. The van der Waals surface area contributed by atoms with Crippen LogP contribution in [0.5, 0.6) is 5.75 Å². The lowest BCUT2D eigenvalue weighted by Crippen LogP contribution is -2.21. The topological polar surface area (TPSA) is 125 Å². The number of amides is 1. The molecule has 0 saturated carbocycles. The number of Topliss-reactive ketones (excluding diaryl/α,β-unsaturated/α-hetero) is 1. The van der Waals surface area contributed by atoms with Crippen LogP contribution in [0.15, 0.2) is 42.5 Å². The van der Waals surface area contributed by atoms with Crippen LogP contribution < -0.4 is 10.1 Å². The van der Waals surface area contributed by atoms with E-state index < -0.39 is 29.2 Å². The highest BCUT2D eigenvalue weighted by atomic mass is 19.1. The molecule has 1 amide bonds. The van der Waals surface area contributed by atoms with Crippen LogP contribution in [0.4, 0.5) is 15.8 Å². The predicted octanol–water partition coefficient (Wildman–Crippen LogP) is 2.89. The fourth-order valence-corrected chi connectivity index (χ4v) is 2.31. The Balaban J connectivity index is 1.83. The Labute approximate surface area is 164 Å². The van der Waals surface area contributed by atoms with E-state index in [1.54, 1.807) is 0 Å². The van der Waals surface area contributed by atoms with Gasteiger partial charge in [0.2, 0.25) is 0 Å². The Morgan fingerprint density at radius 3 is 2.41 bits per heavy atom. The molecule has 0 radical (unpaired) electrons. The smallest absolute Gasteiger partial charge is 0.306 e. The zero-order chi connectivity index (χ0) is 21.4. The van der Waals surface area contributed by atoms with Crippen molar-refractivity contribution in [3.63, 3.8) is 0 Å². The molecule has 1 N–H and O–H groups in total. The summed E-state index contributed by atoms with van der Waals surface area (Å²) in [5.41, 5.74) is 0.0568. The number of esters is 1. The van der Waals surface area contributed by atoms with Crippen LogP contribution >= 0.6 is 0 Å². The fraction of sp³-hybridized carbons (Fsp3) is 0.211. The van der Waals surface area contributed by atoms with Crippen molar-refractivity contribution in [2.75, 3.05) is 19.0 Å². The summed E-state index contributed by atoms with van der Waals surface area (Å²) in [6.45, 7) is -0.643. The molecular weight excluding hydrogens is 387 g/mol. The maximum atomic E-state index is 12.8. The number of nitro groups is 1. The summed E-state index contributed by atoms with van der Waals surface area (Å²) < 4.78 is 22.7. The monoisotopic (exact) mass is 404 g/mol. The molecule has 2 rings (SSSR count). The summed E-state index contributed by atoms with van der Waals surface area (Å²) in [6.07, 6.45) is -0.422. The van der Waals surface area contributed by atoms with Crippen molar-refractivity contribution in [3.8, 4) is 5.75 Å². The summed E-state index contributed by atoms with van der Waals surface area (Å²) in [5.74, 6) is -2.16. The van der Waals surface area contributed by atoms with Crippen molar-refractivity contribution < 1.29 is 33.2 Å². The molecule has 0 bridgehead atoms. The van der Waals surface area contributed by atoms with Crippen LogP contribution in [-0.4, -0.2) is 36.3 Å². The zero-order valence-corrected chi connectivity index (χ0v) is 15.3. The lowest BCUT2D eigenvalue weighted by Gasteiger charge is -2.10. The molecule has 2 aromatic carbocycles. The van der Waals surface area contributed by atoms with Gasteiger partial charge in [0.05, 0.1) is 24.1 Å². The molecular formula is C19H17FN2O7. The molecule has 0 unspecified atom stereocenters. The molecule has 9 nitrogen and oxygen atoms in total. The van der Waals surface area contributed by atoms with E-state index in [0.717, 1.165) is 18.2 Å². The van der Waals surface area contributed by atoms with Crippen LogP contribution in [0.2, 0.25) is 0 Å². The Morgan fingerprint density at radius 2 is 1.79 bits per heavy atom. The van der Waals surface area contributed by atoms with Gasteiger partial charge in [0, 0.05) is 24.1 Å². The first-order valence-electron chi connectivity index (χ1n) is 8.37. The van der Waals surface area contributed by atoms with Gasteiger partial charge in [-0.2, -0.15) is 0 Å². The first-order valence-corrected chi connectivity index (χ1v) is 8.37. The van der Waals surface area contributed by atoms with Gasteiger partial charge in [-0.1, -0.05) is 0 Å². The van der Waals surface area contributed by atoms with Gasteiger partial charge in [0.15, 0.2) is 12.4 Å². The summed E-state index contributed by atoms with van der Waals surface area (Å²) in [7, 11) is 1.33. The number of ether oxygens (including phenoxy) is 2. The number of rotatable bonds is 9. The number of anilines is 1. The van der Waals surface area contributed by atoms with Crippen LogP contribution in [0.25, 0.3) is 0 Å². The van der Waals surface area contributed by atoms with E-state index in [0.29, 0.717) is 0 Å². The summed E-state index contributed by atoms with van der Waals surface area (Å²) in [6, 6.07) is 8.54. The maximum Gasteiger partial charge on any atom is 0.306 e. The van der Waals surface area contributed by atoms with E-state index in [4.69, 9.17) is 9.47 Å². The number of halogens is 1. The van der Waals surface area contributed by atoms with Gasteiger partial charge in [-0.25, -0.2) is 4.39 Å². The molecule has 152 valence electrons. The Bertz CT molecular complexity index is 929. The van der Waals surface area contributed by atoms with Gasteiger partial charge in [-0.15, -0.1) is 0 Å². The number of benzene rings is 2. The summed E-state index contributed by atoms with van der Waals surface area (Å²) >= 11 is 0. The van der Waals surface area contributed by atoms with Crippen molar-refractivity contribution in [2.24, 2.45) is 0 Å². The second kappa shape index (κ2) is 9.93. The molecule has 0 aliphatic heterocycles. The highest BCUT2D eigenvalue weighted by molar-refractivity contribution is 5.98. The molecule has 0 fully saturated rings. The van der Waals surface area contributed by atoms with Gasteiger partial charge in [-0.3, -0.25) is 24.5 Å². The fourth-order valence-electron chi connectivity index (χ4n) is 2.31. The largest absolute Gasteiger partial charge is 0.495 e. The van der Waals surface area contributed by atoms with E-state index >= 15 is 0 Å². The highest BCUT2D eigenvalue weighted by Gasteiger charge is 2.16. The molecule has 10 heteroatoms. The van der Waals surface area contributed by atoms with E-state index in [1.165, 1.54) is 31.4 Å². The van der Waals surface area contributed by atoms with E-state index in [1.807, 2.05) is 0 Å².